The molecule has 3 heterocycles. The van der Waals surface area contributed by atoms with Crippen molar-refractivity contribution in [3.63, 3.8) is 0 Å². The van der Waals surface area contributed by atoms with Gasteiger partial charge in [0.2, 0.25) is 5.88 Å². The topological polar surface area (TPSA) is 90.8 Å². The fourth-order valence-electron chi connectivity index (χ4n) is 4.44. The second kappa shape index (κ2) is 7.29. The molecule has 0 unspecified atom stereocenters. The highest BCUT2D eigenvalue weighted by molar-refractivity contribution is 5.78. The van der Waals surface area contributed by atoms with Crippen molar-refractivity contribution in [1.82, 2.24) is 9.97 Å². The van der Waals surface area contributed by atoms with Crippen molar-refractivity contribution in [3.05, 3.63) is 30.0 Å². The average Bonchev–Trinajstić information content (AvgIpc) is 3.02. The van der Waals surface area contributed by atoms with E-state index >= 15 is 0 Å². The van der Waals surface area contributed by atoms with Gasteiger partial charge in [0.25, 0.3) is 0 Å². The Kier molecular flexibility index (Phi) is 4.97. The van der Waals surface area contributed by atoms with Crippen molar-refractivity contribution >= 4 is 17.0 Å². The van der Waals surface area contributed by atoms with E-state index in [0.717, 1.165) is 29.4 Å². The van der Waals surface area contributed by atoms with E-state index in [2.05, 4.69) is 9.97 Å². The largest absolute Gasteiger partial charge is 0.481 e. The molecule has 7 heteroatoms. The molecule has 1 N–H and O–H groups in total. The van der Waals surface area contributed by atoms with Gasteiger partial charge in [-0.25, -0.2) is 4.98 Å². The van der Waals surface area contributed by atoms with Crippen LogP contribution in [0.5, 0.6) is 5.88 Å². The van der Waals surface area contributed by atoms with Crippen molar-refractivity contribution in [2.24, 2.45) is 11.8 Å². The predicted octanol–water partition coefficient (Wildman–Crippen LogP) is 3.72. The van der Waals surface area contributed by atoms with E-state index in [1.165, 1.54) is 0 Å². The SMILES string of the molecule is COc1ccc2nccc([C@H]3OC(C)(C)O[C@@H]3C3CCC(C(=O)O)CC3)c2n1. The van der Waals surface area contributed by atoms with E-state index in [4.69, 9.17) is 14.2 Å². The van der Waals surface area contributed by atoms with Crippen molar-refractivity contribution in [1.29, 1.82) is 0 Å². The van der Waals surface area contributed by atoms with Gasteiger partial charge < -0.3 is 19.3 Å². The maximum atomic E-state index is 11.3. The van der Waals surface area contributed by atoms with E-state index in [9.17, 15) is 9.90 Å². The van der Waals surface area contributed by atoms with E-state index < -0.39 is 11.8 Å². The molecule has 150 valence electrons. The summed E-state index contributed by atoms with van der Waals surface area (Å²) < 4.78 is 17.9. The third kappa shape index (κ3) is 3.56. The van der Waals surface area contributed by atoms with Gasteiger partial charge in [0, 0.05) is 17.8 Å². The lowest BCUT2D eigenvalue weighted by Crippen LogP contribution is -2.32. The molecule has 1 saturated heterocycles. The third-order valence-corrected chi connectivity index (χ3v) is 5.82. The van der Waals surface area contributed by atoms with Gasteiger partial charge in [-0.3, -0.25) is 9.78 Å². The van der Waals surface area contributed by atoms with Crippen molar-refractivity contribution in [3.8, 4) is 5.88 Å². The number of rotatable bonds is 4. The second-order valence-corrected chi connectivity index (χ2v) is 8.09. The van der Waals surface area contributed by atoms with Gasteiger partial charge in [-0.05, 0) is 57.6 Å². The lowest BCUT2D eigenvalue weighted by atomic mass is 9.77. The highest BCUT2D eigenvalue weighted by Crippen LogP contribution is 2.46. The Hall–Kier alpha value is -2.25. The van der Waals surface area contributed by atoms with Crippen LogP contribution >= 0.6 is 0 Å². The van der Waals surface area contributed by atoms with Crippen molar-refractivity contribution < 1.29 is 24.1 Å². The lowest BCUT2D eigenvalue weighted by Gasteiger charge is -2.32. The summed E-state index contributed by atoms with van der Waals surface area (Å²) in [5, 5.41) is 9.29. The summed E-state index contributed by atoms with van der Waals surface area (Å²) in [4.78, 5) is 20.3. The first-order chi connectivity index (χ1) is 13.4. The number of aromatic nitrogens is 2. The number of ether oxygens (including phenoxy) is 3. The number of carboxylic acid groups (broad SMARTS) is 1. The van der Waals surface area contributed by atoms with Gasteiger partial charge in [-0.15, -0.1) is 0 Å². The first-order valence-corrected chi connectivity index (χ1v) is 9.76. The zero-order valence-electron chi connectivity index (χ0n) is 16.4. The van der Waals surface area contributed by atoms with Crippen LogP contribution in [0.15, 0.2) is 24.4 Å². The minimum Gasteiger partial charge on any atom is -0.481 e. The number of hydrogen-bond acceptors (Lipinski definition) is 6. The average molecular weight is 386 g/mol. The monoisotopic (exact) mass is 386 g/mol. The van der Waals surface area contributed by atoms with Crippen LogP contribution in [-0.2, 0) is 14.3 Å². The summed E-state index contributed by atoms with van der Waals surface area (Å²) in [6, 6.07) is 5.61. The lowest BCUT2D eigenvalue weighted by molar-refractivity contribution is -0.154. The minimum absolute atomic E-state index is 0.150. The maximum Gasteiger partial charge on any atom is 0.306 e. The predicted molar refractivity (Wildman–Crippen MR) is 102 cm³/mol. The van der Waals surface area contributed by atoms with Crippen LogP contribution in [0, 0.1) is 11.8 Å². The standard InChI is InChI=1S/C21H26N2O5/c1-21(2)27-18(12-4-6-13(7-5-12)20(24)25)19(28-21)14-10-11-22-15-8-9-16(26-3)23-17(14)15/h8-13,18-19H,4-7H2,1-3H3,(H,24,25)/t12?,13?,18-,19-/m1/s1. The number of pyridine rings is 2. The Morgan fingerprint density at radius 3 is 2.61 bits per heavy atom. The Balaban J connectivity index is 1.67. The number of carbonyl (C=O) groups is 1. The zero-order chi connectivity index (χ0) is 19.9. The van der Waals surface area contributed by atoms with Gasteiger partial charge >= 0.3 is 5.97 Å². The van der Waals surface area contributed by atoms with E-state index in [1.807, 2.05) is 26.0 Å². The first-order valence-electron chi connectivity index (χ1n) is 9.76. The molecule has 2 aromatic heterocycles. The summed E-state index contributed by atoms with van der Waals surface area (Å²) in [6.45, 7) is 3.83. The molecule has 4 rings (SSSR count). The summed E-state index contributed by atoms with van der Waals surface area (Å²) in [6.07, 6.45) is 4.31. The molecular weight excluding hydrogens is 360 g/mol. The van der Waals surface area contributed by atoms with Gasteiger partial charge in [0.1, 0.15) is 6.10 Å². The third-order valence-electron chi connectivity index (χ3n) is 5.82. The summed E-state index contributed by atoms with van der Waals surface area (Å²) in [7, 11) is 1.59. The molecule has 2 fully saturated rings. The van der Waals surface area contributed by atoms with Crippen LogP contribution in [0.25, 0.3) is 11.0 Å². The summed E-state index contributed by atoms with van der Waals surface area (Å²) in [5.74, 6) is -0.893. The molecule has 2 aliphatic rings. The van der Waals surface area contributed by atoms with Crippen LogP contribution in [-0.4, -0.2) is 40.0 Å². The number of hydrogen-bond donors (Lipinski definition) is 1. The molecule has 1 aliphatic heterocycles. The highest BCUT2D eigenvalue weighted by Gasteiger charge is 2.47. The quantitative estimate of drug-likeness (QED) is 0.856. The molecule has 0 aromatic carbocycles. The Bertz CT molecular complexity index is 876. The molecule has 1 saturated carbocycles. The zero-order valence-corrected chi connectivity index (χ0v) is 16.4. The molecule has 7 nitrogen and oxygen atoms in total. The van der Waals surface area contributed by atoms with Crippen molar-refractivity contribution in [2.75, 3.05) is 7.11 Å². The molecule has 0 amide bonds. The number of aliphatic carboxylic acids is 1. The van der Waals surface area contributed by atoms with E-state index in [-0.39, 0.29) is 24.0 Å². The van der Waals surface area contributed by atoms with Crippen LogP contribution < -0.4 is 4.74 Å². The first kappa shape index (κ1) is 19.1. The van der Waals surface area contributed by atoms with E-state index in [1.54, 1.807) is 19.4 Å². The van der Waals surface area contributed by atoms with Gasteiger partial charge in [-0.1, -0.05) is 0 Å². The van der Waals surface area contributed by atoms with Crippen molar-refractivity contribution in [2.45, 2.75) is 57.5 Å². The Morgan fingerprint density at radius 1 is 1.18 bits per heavy atom. The Morgan fingerprint density at radius 2 is 1.93 bits per heavy atom. The molecular formula is C21H26N2O5. The number of carboxylic acids is 1. The van der Waals surface area contributed by atoms with E-state index in [0.29, 0.717) is 18.7 Å². The number of nitrogens with zero attached hydrogens (tertiary/aromatic N) is 2. The maximum absolute atomic E-state index is 11.3. The second-order valence-electron chi connectivity index (χ2n) is 8.09. The summed E-state index contributed by atoms with van der Waals surface area (Å²) in [5.41, 5.74) is 2.46. The fourth-order valence-corrected chi connectivity index (χ4v) is 4.44. The van der Waals surface area contributed by atoms with Crippen LogP contribution in [0.1, 0.15) is 51.2 Å². The molecule has 1 aliphatic carbocycles. The molecule has 2 aromatic rings. The molecule has 2 atom stereocenters. The minimum atomic E-state index is -0.715. The molecule has 0 spiro atoms. The van der Waals surface area contributed by atoms with Crippen LogP contribution in [0.3, 0.4) is 0 Å². The molecule has 28 heavy (non-hydrogen) atoms. The van der Waals surface area contributed by atoms with Crippen LogP contribution in [0.2, 0.25) is 0 Å². The molecule has 0 bridgehead atoms. The fraction of sp³-hybridized carbons (Fsp3) is 0.571. The van der Waals surface area contributed by atoms with Gasteiger partial charge in [0.05, 0.1) is 30.2 Å². The molecule has 0 radical (unpaired) electrons. The normalized spacial score (nSPS) is 29.7. The van der Waals surface area contributed by atoms with Gasteiger partial charge in [-0.2, -0.15) is 0 Å². The highest BCUT2D eigenvalue weighted by atomic mass is 16.8. The Labute approximate surface area is 164 Å². The van der Waals surface area contributed by atoms with Crippen LogP contribution in [0.4, 0.5) is 0 Å². The van der Waals surface area contributed by atoms with Gasteiger partial charge in [0.15, 0.2) is 5.79 Å². The number of fused-ring (bicyclic) bond motifs is 1. The smallest absolute Gasteiger partial charge is 0.306 e. The number of methoxy groups -OCH3 is 1. The summed E-state index contributed by atoms with van der Waals surface area (Å²) >= 11 is 0.